The molecule has 0 radical (unpaired) electrons. The van der Waals surface area contributed by atoms with E-state index in [1.807, 2.05) is 23.0 Å². The van der Waals surface area contributed by atoms with Crippen LogP contribution in [0.3, 0.4) is 0 Å². The first-order valence-electron chi connectivity index (χ1n) is 5.76. The number of imidazole rings is 1. The number of hydrogen-bond donors (Lipinski definition) is 1. The van der Waals surface area contributed by atoms with Crippen molar-refractivity contribution in [2.24, 2.45) is 0 Å². The Morgan fingerprint density at radius 1 is 1.67 bits per heavy atom. The van der Waals surface area contributed by atoms with Crippen LogP contribution < -0.4 is 4.90 Å². The van der Waals surface area contributed by atoms with E-state index in [4.69, 9.17) is 5.11 Å². The average molecular weight is 263 g/mol. The van der Waals surface area contributed by atoms with E-state index in [0.717, 1.165) is 22.5 Å². The highest BCUT2D eigenvalue weighted by Gasteiger charge is 2.29. The highest BCUT2D eigenvalue weighted by atomic mass is 32.1. The van der Waals surface area contributed by atoms with Gasteiger partial charge in [0.15, 0.2) is 10.8 Å². The maximum atomic E-state index is 10.7. The summed E-state index contributed by atoms with van der Waals surface area (Å²) >= 11 is 1.55. The summed E-state index contributed by atoms with van der Waals surface area (Å²) in [6, 6.07) is 0.548. The van der Waals surface area contributed by atoms with Gasteiger partial charge >= 0.3 is 5.97 Å². The third-order valence-corrected chi connectivity index (χ3v) is 3.85. The molecular formula is C12H13N3O2S. The molecule has 0 aliphatic heterocycles. The molecule has 0 aromatic carbocycles. The van der Waals surface area contributed by atoms with Crippen molar-refractivity contribution in [2.75, 3.05) is 11.9 Å². The zero-order valence-corrected chi connectivity index (χ0v) is 10.7. The third kappa shape index (κ3) is 1.88. The minimum atomic E-state index is -0.944. The fourth-order valence-corrected chi connectivity index (χ4v) is 2.71. The topological polar surface area (TPSA) is 57.8 Å². The van der Waals surface area contributed by atoms with Gasteiger partial charge in [0.25, 0.3) is 0 Å². The van der Waals surface area contributed by atoms with Crippen molar-refractivity contribution in [2.45, 2.75) is 18.9 Å². The molecule has 0 amide bonds. The summed E-state index contributed by atoms with van der Waals surface area (Å²) in [5, 5.41) is 10.7. The molecule has 6 heteroatoms. The second kappa shape index (κ2) is 4.13. The molecule has 2 aromatic rings. The van der Waals surface area contributed by atoms with E-state index < -0.39 is 5.97 Å². The number of aromatic nitrogens is 2. The van der Waals surface area contributed by atoms with Gasteiger partial charge in [0.1, 0.15) is 0 Å². The molecule has 1 fully saturated rings. The molecule has 0 bridgehead atoms. The maximum absolute atomic E-state index is 10.7. The van der Waals surface area contributed by atoms with E-state index in [-0.39, 0.29) is 0 Å². The van der Waals surface area contributed by atoms with Crippen molar-refractivity contribution in [3.05, 3.63) is 23.3 Å². The lowest BCUT2D eigenvalue weighted by molar-refractivity contribution is -0.131. The van der Waals surface area contributed by atoms with E-state index >= 15 is 0 Å². The molecule has 94 valence electrons. The molecule has 1 aliphatic rings. The van der Waals surface area contributed by atoms with Gasteiger partial charge in [-0.3, -0.25) is 4.40 Å². The summed E-state index contributed by atoms with van der Waals surface area (Å²) < 4.78 is 1.93. The Labute approximate surface area is 108 Å². The van der Waals surface area contributed by atoms with Crippen molar-refractivity contribution >= 4 is 34.2 Å². The number of carbonyl (C=O) groups is 1. The zero-order valence-electron chi connectivity index (χ0n) is 9.91. The maximum Gasteiger partial charge on any atom is 0.328 e. The fraction of sp³-hybridized carbons (Fsp3) is 0.333. The van der Waals surface area contributed by atoms with Gasteiger partial charge in [0.05, 0.1) is 5.69 Å². The Morgan fingerprint density at radius 3 is 3.11 bits per heavy atom. The van der Waals surface area contributed by atoms with Crippen LogP contribution in [-0.2, 0) is 4.79 Å². The Morgan fingerprint density at radius 2 is 2.44 bits per heavy atom. The second-order valence-electron chi connectivity index (χ2n) is 4.39. The van der Waals surface area contributed by atoms with E-state index in [2.05, 4.69) is 9.88 Å². The molecule has 0 atom stereocenters. The molecule has 18 heavy (non-hydrogen) atoms. The molecule has 1 aliphatic carbocycles. The smallest absolute Gasteiger partial charge is 0.328 e. The number of hydrogen-bond acceptors (Lipinski definition) is 4. The first kappa shape index (κ1) is 11.3. The highest BCUT2D eigenvalue weighted by molar-refractivity contribution is 7.15. The van der Waals surface area contributed by atoms with Crippen LogP contribution in [0.4, 0.5) is 5.82 Å². The monoisotopic (exact) mass is 263 g/mol. The van der Waals surface area contributed by atoms with Gasteiger partial charge < -0.3 is 10.0 Å². The summed E-state index contributed by atoms with van der Waals surface area (Å²) in [6.45, 7) is 0. The molecule has 2 heterocycles. The predicted octanol–water partition coefficient (Wildman–Crippen LogP) is 2.09. The molecule has 0 spiro atoms. The SMILES string of the molecule is CN(c1nc2sccn2c1/C=C/C(=O)O)C1CC1. The number of fused-ring (bicyclic) bond motifs is 1. The van der Waals surface area contributed by atoms with Crippen LogP contribution in [0, 0.1) is 0 Å². The lowest BCUT2D eigenvalue weighted by Crippen LogP contribution is -2.20. The van der Waals surface area contributed by atoms with Crippen LogP contribution in [0.2, 0.25) is 0 Å². The standard InChI is InChI=1S/C12H13N3O2S/c1-14(8-2-3-8)11-9(4-5-10(16)17)15-6-7-18-12(15)13-11/h4-8H,2-3H2,1H3,(H,16,17)/b5-4+. The van der Waals surface area contributed by atoms with Crippen molar-refractivity contribution in [1.29, 1.82) is 0 Å². The van der Waals surface area contributed by atoms with E-state index in [9.17, 15) is 4.79 Å². The van der Waals surface area contributed by atoms with Gasteiger partial charge in [-0.05, 0) is 18.9 Å². The predicted molar refractivity (Wildman–Crippen MR) is 71.2 cm³/mol. The Bertz CT molecular complexity index is 624. The molecule has 3 rings (SSSR count). The van der Waals surface area contributed by atoms with Crippen LogP contribution in [0.15, 0.2) is 17.7 Å². The van der Waals surface area contributed by atoms with E-state index in [0.29, 0.717) is 6.04 Å². The molecule has 2 aromatic heterocycles. The van der Waals surface area contributed by atoms with Gasteiger partial charge in [-0.25, -0.2) is 9.78 Å². The molecular weight excluding hydrogens is 250 g/mol. The summed E-state index contributed by atoms with van der Waals surface area (Å²) in [7, 11) is 2.02. The van der Waals surface area contributed by atoms with Gasteiger partial charge in [-0.1, -0.05) is 0 Å². The quantitative estimate of drug-likeness (QED) is 0.858. The van der Waals surface area contributed by atoms with Crippen molar-refractivity contribution in [3.8, 4) is 0 Å². The Kier molecular flexibility index (Phi) is 2.59. The fourth-order valence-electron chi connectivity index (χ4n) is 1.99. The first-order chi connectivity index (χ1) is 8.66. The van der Waals surface area contributed by atoms with Gasteiger partial charge in [-0.2, -0.15) is 0 Å². The minimum absolute atomic E-state index is 0.548. The van der Waals surface area contributed by atoms with Gasteiger partial charge in [-0.15, -0.1) is 11.3 Å². The van der Waals surface area contributed by atoms with E-state index in [1.54, 1.807) is 17.4 Å². The second-order valence-corrected chi connectivity index (χ2v) is 5.26. The number of rotatable bonds is 4. The normalized spacial score (nSPS) is 15.6. The van der Waals surface area contributed by atoms with Crippen LogP contribution >= 0.6 is 11.3 Å². The first-order valence-corrected chi connectivity index (χ1v) is 6.64. The van der Waals surface area contributed by atoms with Crippen molar-refractivity contribution in [3.63, 3.8) is 0 Å². The van der Waals surface area contributed by atoms with Crippen LogP contribution in [0.5, 0.6) is 0 Å². The number of anilines is 1. The number of carboxylic acids is 1. The van der Waals surface area contributed by atoms with Crippen molar-refractivity contribution in [1.82, 2.24) is 9.38 Å². The summed E-state index contributed by atoms with van der Waals surface area (Å²) in [6.07, 6.45) is 7.06. The molecule has 1 N–H and O–H groups in total. The molecule has 0 saturated heterocycles. The third-order valence-electron chi connectivity index (χ3n) is 3.09. The summed E-state index contributed by atoms with van der Waals surface area (Å²) in [4.78, 5) is 18.3. The van der Waals surface area contributed by atoms with Crippen LogP contribution in [-0.4, -0.2) is 33.6 Å². The number of aliphatic carboxylic acids is 1. The minimum Gasteiger partial charge on any atom is -0.478 e. The molecule has 5 nitrogen and oxygen atoms in total. The van der Waals surface area contributed by atoms with Gasteiger partial charge in [0, 0.05) is 30.7 Å². The number of nitrogens with zero attached hydrogens (tertiary/aromatic N) is 3. The average Bonchev–Trinajstić information content (AvgIpc) is 2.97. The highest BCUT2D eigenvalue weighted by Crippen LogP contribution is 2.33. The van der Waals surface area contributed by atoms with Crippen LogP contribution in [0.25, 0.3) is 11.0 Å². The largest absolute Gasteiger partial charge is 0.478 e. The lowest BCUT2D eigenvalue weighted by atomic mass is 10.3. The zero-order chi connectivity index (χ0) is 12.7. The van der Waals surface area contributed by atoms with E-state index in [1.165, 1.54) is 12.8 Å². The Balaban J connectivity index is 2.08. The van der Waals surface area contributed by atoms with Crippen LogP contribution in [0.1, 0.15) is 18.5 Å². The summed E-state index contributed by atoms with van der Waals surface area (Å²) in [5.74, 6) is -0.0814. The molecule has 0 unspecified atom stereocenters. The molecule has 1 saturated carbocycles. The Hall–Kier alpha value is -1.82. The van der Waals surface area contributed by atoms with Crippen molar-refractivity contribution < 1.29 is 9.90 Å². The number of thiazole rings is 1. The number of carboxylic acid groups (broad SMARTS) is 1. The summed E-state index contributed by atoms with van der Waals surface area (Å²) in [5.41, 5.74) is 0.836. The van der Waals surface area contributed by atoms with Gasteiger partial charge in [0.2, 0.25) is 0 Å². The lowest BCUT2D eigenvalue weighted by Gasteiger charge is -2.16.